The molecule has 15 heavy (non-hydrogen) atoms. The lowest BCUT2D eigenvalue weighted by molar-refractivity contribution is 0.579. The summed E-state index contributed by atoms with van der Waals surface area (Å²) in [4.78, 5) is 0. The van der Waals surface area contributed by atoms with Gasteiger partial charge < -0.3 is 0 Å². The van der Waals surface area contributed by atoms with Crippen LogP contribution in [0.3, 0.4) is 0 Å². The van der Waals surface area contributed by atoms with Crippen molar-refractivity contribution in [3.05, 3.63) is 35.4 Å². The van der Waals surface area contributed by atoms with Gasteiger partial charge in [0, 0.05) is 5.33 Å². The van der Waals surface area contributed by atoms with E-state index >= 15 is 0 Å². The molecular formula is C13H19BrS. The van der Waals surface area contributed by atoms with Crippen molar-refractivity contribution in [2.45, 2.75) is 19.8 Å². The highest BCUT2D eigenvalue weighted by Gasteiger charge is 2.07. The minimum Gasteiger partial charge on any atom is -0.165 e. The molecule has 0 aliphatic heterocycles. The van der Waals surface area contributed by atoms with E-state index in [4.69, 9.17) is 0 Å². The topological polar surface area (TPSA) is 0 Å². The molecule has 0 saturated heterocycles. The first-order valence-corrected chi connectivity index (χ1v) is 7.88. The van der Waals surface area contributed by atoms with Gasteiger partial charge in [-0.3, -0.25) is 0 Å². The van der Waals surface area contributed by atoms with Crippen molar-refractivity contribution in [2.75, 3.05) is 17.3 Å². The van der Waals surface area contributed by atoms with Gasteiger partial charge in [-0.25, -0.2) is 0 Å². The van der Waals surface area contributed by atoms with Gasteiger partial charge in [-0.15, -0.1) is 0 Å². The maximum absolute atomic E-state index is 3.61. The van der Waals surface area contributed by atoms with E-state index in [0.29, 0.717) is 0 Å². The SMILES string of the molecule is CSCCC(CBr)Cc1cccc(C)c1. The Bertz CT molecular complexity index is 286. The van der Waals surface area contributed by atoms with Crippen LogP contribution in [0.25, 0.3) is 0 Å². The lowest BCUT2D eigenvalue weighted by atomic mass is 9.98. The first kappa shape index (κ1) is 13.1. The molecular weight excluding hydrogens is 268 g/mol. The highest BCUT2D eigenvalue weighted by atomic mass is 79.9. The summed E-state index contributed by atoms with van der Waals surface area (Å²) < 4.78 is 0. The van der Waals surface area contributed by atoms with Crippen LogP contribution in [0.5, 0.6) is 0 Å². The minimum absolute atomic E-state index is 0.777. The fourth-order valence-corrected chi connectivity index (χ4v) is 2.81. The maximum atomic E-state index is 3.61. The molecule has 0 saturated carbocycles. The molecule has 1 atom stereocenters. The molecule has 0 nitrogen and oxygen atoms in total. The third-order valence-corrected chi connectivity index (χ3v) is 4.11. The second-order valence-corrected chi connectivity index (χ2v) is 5.63. The zero-order chi connectivity index (χ0) is 11.1. The van der Waals surface area contributed by atoms with Gasteiger partial charge in [0.1, 0.15) is 0 Å². The smallest absolute Gasteiger partial charge is 0.00631 e. The lowest BCUT2D eigenvalue weighted by Gasteiger charge is -2.13. The Hall–Kier alpha value is 0.0500. The van der Waals surface area contributed by atoms with Crippen molar-refractivity contribution < 1.29 is 0 Å². The van der Waals surface area contributed by atoms with Crippen LogP contribution >= 0.6 is 27.7 Å². The van der Waals surface area contributed by atoms with E-state index in [1.807, 2.05) is 11.8 Å². The Morgan fingerprint density at radius 3 is 2.80 bits per heavy atom. The van der Waals surface area contributed by atoms with Crippen molar-refractivity contribution in [1.82, 2.24) is 0 Å². The van der Waals surface area contributed by atoms with Crippen LogP contribution in [0, 0.1) is 12.8 Å². The second kappa shape index (κ2) is 7.34. The molecule has 0 amide bonds. The van der Waals surface area contributed by atoms with Crippen molar-refractivity contribution in [2.24, 2.45) is 5.92 Å². The summed E-state index contributed by atoms with van der Waals surface area (Å²) in [6, 6.07) is 8.86. The first-order chi connectivity index (χ1) is 7.26. The van der Waals surface area contributed by atoms with Crippen molar-refractivity contribution >= 4 is 27.7 Å². The number of hydrogen-bond donors (Lipinski definition) is 0. The summed E-state index contributed by atoms with van der Waals surface area (Å²) in [7, 11) is 0. The van der Waals surface area contributed by atoms with Crippen LogP contribution in [0.1, 0.15) is 17.5 Å². The summed E-state index contributed by atoms with van der Waals surface area (Å²) in [5, 5.41) is 1.11. The summed E-state index contributed by atoms with van der Waals surface area (Å²) in [6.07, 6.45) is 4.69. The van der Waals surface area contributed by atoms with E-state index in [0.717, 1.165) is 11.2 Å². The number of rotatable bonds is 6. The van der Waals surface area contributed by atoms with Gasteiger partial charge in [-0.2, -0.15) is 11.8 Å². The molecule has 0 aliphatic carbocycles. The fraction of sp³-hybridized carbons (Fsp3) is 0.538. The van der Waals surface area contributed by atoms with Crippen molar-refractivity contribution in [3.63, 3.8) is 0 Å². The van der Waals surface area contributed by atoms with Crippen LogP contribution in [-0.2, 0) is 6.42 Å². The van der Waals surface area contributed by atoms with E-state index in [9.17, 15) is 0 Å². The van der Waals surface area contributed by atoms with Gasteiger partial charge in [0.2, 0.25) is 0 Å². The maximum Gasteiger partial charge on any atom is 0.00631 e. The van der Waals surface area contributed by atoms with Gasteiger partial charge in [-0.05, 0) is 43.3 Å². The van der Waals surface area contributed by atoms with E-state index in [1.165, 1.54) is 29.7 Å². The normalized spacial score (nSPS) is 12.7. The fourth-order valence-electron chi connectivity index (χ4n) is 1.69. The zero-order valence-corrected chi connectivity index (χ0v) is 11.9. The first-order valence-electron chi connectivity index (χ1n) is 5.36. The lowest BCUT2D eigenvalue weighted by Crippen LogP contribution is -2.07. The predicted molar refractivity (Wildman–Crippen MR) is 75.2 cm³/mol. The summed E-state index contributed by atoms with van der Waals surface area (Å²) >= 11 is 5.55. The van der Waals surface area contributed by atoms with Crippen LogP contribution in [0.15, 0.2) is 24.3 Å². The molecule has 0 aromatic heterocycles. The molecule has 1 aromatic rings. The van der Waals surface area contributed by atoms with Crippen LogP contribution in [0.2, 0.25) is 0 Å². The highest BCUT2D eigenvalue weighted by molar-refractivity contribution is 9.09. The standard InChI is InChI=1S/C13H19BrS/c1-11-4-3-5-12(8-11)9-13(10-14)6-7-15-2/h3-5,8,13H,6-7,9-10H2,1-2H3. The predicted octanol–water partition coefficient (Wildman–Crippen LogP) is 4.30. The molecule has 84 valence electrons. The third-order valence-electron chi connectivity index (χ3n) is 2.56. The average molecular weight is 287 g/mol. The molecule has 0 bridgehead atoms. The third kappa shape index (κ3) is 5.07. The largest absolute Gasteiger partial charge is 0.165 e. The van der Waals surface area contributed by atoms with Crippen LogP contribution in [-0.4, -0.2) is 17.3 Å². The van der Waals surface area contributed by atoms with E-state index in [-0.39, 0.29) is 0 Å². The quantitative estimate of drug-likeness (QED) is 0.703. The molecule has 0 radical (unpaired) electrons. The second-order valence-electron chi connectivity index (χ2n) is 3.99. The average Bonchev–Trinajstić information content (AvgIpc) is 2.24. The van der Waals surface area contributed by atoms with E-state index in [2.05, 4.69) is 53.4 Å². The molecule has 0 fully saturated rings. The Kier molecular flexibility index (Phi) is 6.42. The summed E-state index contributed by atoms with van der Waals surface area (Å²) in [5.74, 6) is 2.04. The number of benzene rings is 1. The van der Waals surface area contributed by atoms with Gasteiger partial charge in [-0.1, -0.05) is 45.8 Å². The minimum atomic E-state index is 0.777. The Morgan fingerprint density at radius 2 is 2.20 bits per heavy atom. The van der Waals surface area contributed by atoms with Crippen LogP contribution < -0.4 is 0 Å². The molecule has 0 heterocycles. The molecule has 0 aliphatic rings. The van der Waals surface area contributed by atoms with Crippen molar-refractivity contribution in [1.29, 1.82) is 0 Å². The number of thioether (sulfide) groups is 1. The Labute approximate surface area is 106 Å². The van der Waals surface area contributed by atoms with Gasteiger partial charge >= 0.3 is 0 Å². The molecule has 1 aromatic carbocycles. The number of aryl methyl sites for hydroxylation is 1. The van der Waals surface area contributed by atoms with E-state index < -0.39 is 0 Å². The number of alkyl halides is 1. The van der Waals surface area contributed by atoms with Gasteiger partial charge in [0.25, 0.3) is 0 Å². The Balaban J connectivity index is 2.50. The highest BCUT2D eigenvalue weighted by Crippen LogP contribution is 2.17. The van der Waals surface area contributed by atoms with Gasteiger partial charge in [0.15, 0.2) is 0 Å². The molecule has 1 unspecified atom stereocenters. The Morgan fingerprint density at radius 1 is 1.40 bits per heavy atom. The molecule has 0 N–H and O–H groups in total. The summed E-state index contributed by atoms with van der Waals surface area (Å²) in [5.41, 5.74) is 2.84. The van der Waals surface area contributed by atoms with Crippen molar-refractivity contribution in [3.8, 4) is 0 Å². The van der Waals surface area contributed by atoms with Gasteiger partial charge in [0.05, 0.1) is 0 Å². The van der Waals surface area contributed by atoms with Crippen LogP contribution in [0.4, 0.5) is 0 Å². The number of hydrogen-bond acceptors (Lipinski definition) is 1. The molecule has 0 spiro atoms. The molecule has 2 heteroatoms. The summed E-state index contributed by atoms with van der Waals surface area (Å²) in [6.45, 7) is 2.16. The zero-order valence-electron chi connectivity index (χ0n) is 9.50. The number of halogens is 1. The van der Waals surface area contributed by atoms with E-state index in [1.54, 1.807) is 0 Å². The monoisotopic (exact) mass is 286 g/mol. The molecule has 1 rings (SSSR count).